The summed E-state index contributed by atoms with van der Waals surface area (Å²) >= 11 is 0. The van der Waals surface area contributed by atoms with Gasteiger partial charge in [-0.05, 0) is 84.0 Å². The van der Waals surface area contributed by atoms with Gasteiger partial charge in [0.25, 0.3) is 0 Å². The fourth-order valence-corrected chi connectivity index (χ4v) is 11.5. The lowest BCUT2D eigenvalue weighted by atomic mass is 9.77. The van der Waals surface area contributed by atoms with E-state index in [2.05, 4.69) is 0 Å². The first kappa shape index (κ1) is 70.5. The van der Waals surface area contributed by atoms with Crippen LogP contribution in [-0.4, -0.2) is 218 Å². The van der Waals surface area contributed by atoms with E-state index in [4.69, 9.17) is 33.2 Å². The van der Waals surface area contributed by atoms with Crippen molar-refractivity contribution in [3.05, 3.63) is 12.2 Å². The smallest absolute Gasteiger partial charge is 0.330 e. The van der Waals surface area contributed by atoms with Crippen LogP contribution in [0.15, 0.2) is 12.2 Å². The Morgan fingerprint density at radius 1 is 0.728 bits per heavy atom. The molecule has 0 aliphatic carbocycles. The number of cyclic esters (lactones) is 1. The second kappa shape index (κ2) is 33.0. The van der Waals surface area contributed by atoms with Crippen LogP contribution >= 0.6 is 0 Å². The van der Waals surface area contributed by atoms with Crippen LogP contribution in [0.25, 0.3) is 0 Å². The lowest BCUT2D eigenvalue weighted by Crippen LogP contribution is -2.59. The van der Waals surface area contributed by atoms with Crippen LogP contribution in [-0.2, 0) is 52.3 Å². The quantitative estimate of drug-likeness (QED) is 0.0474. The average molecular weight is 1170 g/mol. The molecule has 24 nitrogen and oxygen atoms in total. The molecule has 3 saturated heterocycles. The number of unbranched alkanes of at least 4 members (excludes halogenated alkanes) is 1. The van der Waals surface area contributed by atoms with E-state index in [1.54, 1.807) is 48.5 Å². The van der Waals surface area contributed by atoms with Crippen LogP contribution in [0, 0.1) is 29.6 Å². The summed E-state index contributed by atoms with van der Waals surface area (Å²) in [6.45, 7) is 13.6. The Kier molecular flexibility index (Phi) is 28.7. The van der Waals surface area contributed by atoms with Gasteiger partial charge in [0.15, 0.2) is 12.1 Å². The topological polar surface area (TPSA) is 399 Å². The van der Waals surface area contributed by atoms with Crippen molar-refractivity contribution in [3.8, 4) is 0 Å². The molecule has 2 bridgehead atoms. The molecular weight excluding hydrogens is 1070 g/mol. The van der Waals surface area contributed by atoms with Crippen LogP contribution < -0.4 is 0 Å². The fourth-order valence-electron chi connectivity index (χ4n) is 11.5. The normalized spacial score (nSPS) is 40.3. The molecule has 0 spiro atoms. The summed E-state index contributed by atoms with van der Waals surface area (Å²) in [5.74, 6) is -10.0. The van der Waals surface area contributed by atoms with Gasteiger partial charge < -0.3 is 99.5 Å². The highest BCUT2D eigenvalue weighted by atomic mass is 16.7. The van der Waals surface area contributed by atoms with Crippen molar-refractivity contribution >= 4 is 23.9 Å². The van der Waals surface area contributed by atoms with Crippen molar-refractivity contribution < 1.29 is 119 Å². The SMILES string of the molecule is CCCCC(=O)OC1CC(OC(C)C(C)C(O)C(C)C(O)C(C)C2OC(=O)/C=C/CC(O)CC(O)CC(O)CCC(C)C(O)C[C@@]3(O)O[C@H](CC(O)CC(OC(=O)CC(=O)O)CCCC(O)C4OC4C2C)C[C@H](O)[C@H]3O)OC(C)C1O. The summed E-state index contributed by atoms with van der Waals surface area (Å²) in [4.78, 5) is 50.0. The number of carbonyl (C=O) groups excluding carboxylic acids is 3. The van der Waals surface area contributed by atoms with Gasteiger partial charge in [-0.3, -0.25) is 14.4 Å². The van der Waals surface area contributed by atoms with E-state index in [9.17, 15) is 85.6 Å². The number of hydrogen-bond donors (Lipinski definition) is 13. The van der Waals surface area contributed by atoms with Gasteiger partial charge in [0.1, 0.15) is 43.0 Å². The molecule has 4 aliphatic heterocycles. The number of carboxylic acid groups (broad SMARTS) is 1. The van der Waals surface area contributed by atoms with Crippen LogP contribution in [0.2, 0.25) is 0 Å². The molecule has 0 aromatic heterocycles. The first-order valence-electron chi connectivity index (χ1n) is 29.3. The van der Waals surface area contributed by atoms with Gasteiger partial charge in [-0.2, -0.15) is 0 Å². The second-order valence-corrected chi connectivity index (χ2v) is 23.9. The lowest BCUT2D eigenvalue weighted by molar-refractivity contribution is -0.333. The number of aliphatic hydroxyl groups excluding tert-OH is 11. The van der Waals surface area contributed by atoms with Crippen molar-refractivity contribution in [1.82, 2.24) is 0 Å². The van der Waals surface area contributed by atoms with Gasteiger partial charge in [-0.15, -0.1) is 0 Å². The number of fused-ring (bicyclic) bond motifs is 3. The molecule has 4 rings (SSSR count). The third-order valence-electron chi connectivity index (χ3n) is 16.9. The highest BCUT2D eigenvalue weighted by molar-refractivity contribution is 5.90. The van der Waals surface area contributed by atoms with Gasteiger partial charge in [0.2, 0.25) is 0 Å². The minimum Gasteiger partial charge on any atom is -0.481 e. The van der Waals surface area contributed by atoms with Gasteiger partial charge in [-0.1, -0.05) is 54.0 Å². The van der Waals surface area contributed by atoms with Crippen molar-refractivity contribution in [1.29, 1.82) is 0 Å². The third-order valence-corrected chi connectivity index (χ3v) is 16.9. The Bertz CT molecular complexity index is 1940. The number of aliphatic hydroxyl groups is 12. The van der Waals surface area contributed by atoms with E-state index < -0.39 is 194 Å². The summed E-state index contributed by atoms with van der Waals surface area (Å²) in [7, 11) is 0. The van der Waals surface area contributed by atoms with Gasteiger partial charge in [-0.25, -0.2) is 4.79 Å². The molecule has 470 valence electrons. The molecule has 22 unspecified atom stereocenters. The maximum absolute atomic E-state index is 13.6. The number of hydrogen-bond acceptors (Lipinski definition) is 23. The number of epoxide rings is 1. The molecule has 24 heteroatoms. The van der Waals surface area contributed by atoms with E-state index in [1.165, 1.54) is 6.08 Å². The Balaban J connectivity index is 1.53. The molecule has 0 amide bonds. The van der Waals surface area contributed by atoms with Crippen LogP contribution in [0.3, 0.4) is 0 Å². The Hall–Kier alpha value is -3.02. The third kappa shape index (κ3) is 22.1. The van der Waals surface area contributed by atoms with Crippen molar-refractivity contribution in [2.45, 2.75) is 293 Å². The predicted octanol–water partition coefficient (Wildman–Crippen LogP) is 1.18. The van der Waals surface area contributed by atoms with E-state index >= 15 is 0 Å². The van der Waals surface area contributed by atoms with Crippen LogP contribution in [0.4, 0.5) is 0 Å². The Morgan fingerprint density at radius 3 is 2.06 bits per heavy atom. The van der Waals surface area contributed by atoms with E-state index in [-0.39, 0.29) is 83.5 Å². The van der Waals surface area contributed by atoms with E-state index in [0.29, 0.717) is 6.42 Å². The van der Waals surface area contributed by atoms with Gasteiger partial charge in [0, 0.05) is 61.9 Å². The van der Waals surface area contributed by atoms with Crippen molar-refractivity contribution in [2.75, 3.05) is 0 Å². The predicted molar refractivity (Wildman–Crippen MR) is 286 cm³/mol. The van der Waals surface area contributed by atoms with Gasteiger partial charge >= 0.3 is 23.9 Å². The summed E-state index contributed by atoms with van der Waals surface area (Å²) in [6, 6.07) is 0. The highest BCUT2D eigenvalue weighted by Crippen LogP contribution is 2.41. The first-order valence-corrected chi connectivity index (χ1v) is 29.3. The molecular formula is C57H98O24. The zero-order valence-electron chi connectivity index (χ0n) is 48.4. The molecule has 13 N–H and O–H groups in total. The van der Waals surface area contributed by atoms with Gasteiger partial charge in [0.05, 0.1) is 79.4 Å². The fraction of sp³-hybridized carbons (Fsp3) is 0.895. The minimum atomic E-state index is -2.47. The zero-order valence-corrected chi connectivity index (χ0v) is 48.4. The number of carboxylic acids is 1. The minimum absolute atomic E-state index is 0.0265. The molecule has 81 heavy (non-hydrogen) atoms. The largest absolute Gasteiger partial charge is 0.481 e. The van der Waals surface area contributed by atoms with Crippen molar-refractivity contribution in [2.24, 2.45) is 29.6 Å². The van der Waals surface area contributed by atoms with Crippen LogP contribution in [0.1, 0.15) is 165 Å². The number of aliphatic carboxylic acids is 1. The lowest BCUT2D eigenvalue weighted by Gasteiger charge is -2.45. The number of carbonyl (C=O) groups is 4. The molecule has 3 fully saturated rings. The zero-order chi connectivity index (χ0) is 60.6. The number of esters is 3. The van der Waals surface area contributed by atoms with E-state index in [0.717, 1.165) is 12.5 Å². The summed E-state index contributed by atoms with van der Waals surface area (Å²) in [6.07, 6.45) is -20.3. The number of ether oxygens (including phenoxy) is 7. The van der Waals surface area contributed by atoms with Crippen LogP contribution in [0.5, 0.6) is 0 Å². The Morgan fingerprint density at radius 2 is 1.40 bits per heavy atom. The molecule has 0 saturated carbocycles. The maximum Gasteiger partial charge on any atom is 0.330 e. The first-order chi connectivity index (χ1) is 37.9. The molecule has 0 aromatic carbocycles. The van der Waals surface area contributed by atoms with Crippen molar-refractivity contribution in [3.63, 3.8) is 0 Å². The summed E-state index contributed by atoms with van der Waals surface area (Å²) in [5, 5.41) is 143. The number of rotatable bonds is 15. The van der Waals surface area contributed by atoms with E-state index in [1.807, 2.05) is 6.92 Å². The summed E-state index contributed by atoms with van der Waals surface area (Å²) < 4.78 is 41.0. The second-order valence-electron chi connectivity index (χ2n) is 23.9. The highest BCUT2D eigenvalue weighted by Gasteiger charge is 2.53. The summed E-state index contributed by atoms with van der Waals surface area (Å²) in [5.41, 5.74) is 0. The molecule has 4 heterocycles. The molecule has 26 atom stereocenters. The Labute approximate surface area is 475 Å². The monoisotopic (exact) mass is 1170 g/mol. The molecule has 4 aliphatic rings. The average Bonchev–Trinajstić information content (AvgIpc) is 4.22. The standard InChI is InChI=1S/C57H98O24/c1-9-10-16-46(67)78-44-25-49(76-34(8)52(44)72)75-33(7)29(3)50(70)30(4)51(71)31(5)53-32(6)54-55(80-54)41(62)15-12-14-39(77-48(69)26-45(65)66)22-38(61)23-40-24-42(63)56(73)57(74,81-40)27-43(64)28(2)18-19-36(59)21-37(60)20-35(58)13-11-17-47(68)79-53/h11,17,28-44,49-56,58-64,70-74H,9-10,12-16,18-27H2,1-8H3,(H,65,66)/b17-11+/t28?,29?,30?,31?,32?,33?,34?,35?,36?,37?,38?,39?,40-,41?,42+,43?,44?,49?,50?,51?,52?,53?,54?,55?,56-,57-/m1/s1. The molecule has 0 aromatic rings. The molecule has 0 radical (unpaired) electrons. The maximum atomic E-state index is 13.6.